The topological polar surface area (TPSA) is 69.6 Å². The van der Waals surface area contributed by atoms with E-state index in [4.69, 9.17) is 5.21 Å². The Morgan fingerprint density at radius 3 is 2.18 bits per heavy atom. The van der Waals surface area contributed by atoms with Crippen molar-refractivity contribution in [2.45, 2.75) is 40.5 Å². The molecule has 5 heteroatoms. The van der Waals surface area contributed by atoms with Crippen molar-refractivity contribution < 1.29 is 14.8 Å². The van der Waals surface area contributed by atoms with Gasteiger partial charge in [0.2, 0.25) is 5.91 Å². The number of carbonyl (C=O) groups is 2. The predicted molar refractivity (Wildman–Crippen MR) is 65.4 cm³/mol. The van der Waals surface area contributed by atoms with Gasteiger partial charge in [-0.15, -0.1) is 0 Å². The maximum atomic E-state index is 11.9. The quantitative estimate of drug-likeness (QED) is 0.525. The number of nitrogens with zero attached hydrogens (tertiary/aromatic N) is 1. The van der Waals surface area contributed by atoms with Crippen LogP contribution in [-0.4, -0.2) is 35.0 Å². The van der Waals surface area contributed by atoms with Gasteiger partial charge in [0.05, 0.1) is 0 Å². The molecule has 5 nitrogen and oxygen atoms in total. The summed E-state index contributed by atoms with van der Waals surface area (Å²) in [5.74, 6) is 0.151. The molecule has 0 saturated carbocycles. The number of hydrogen-bond acceptors (Lipinski definition) is 3. The van der Waals surface area contributed by atoms with E-state index < -0.39 is 5.91 Å². The second-order valence-corrected chi connectivity index (χ2v) is 5.13. The highest BCUT2D eigenvalue weighted by Gasteiger charge is 2.17. The summed E-state index contributed by atoms with van der Waals surface area (Å²) in [6, 6.07) is 0. The monoisotopic (exact) mass is 244 g/mol. The lowest BCUT2D eigenvalue weighted by molar-refractivity contribution is -0.139. The van der Waals surface area contributed by atoms with Gasteiger partial charge in [-0.2, -0.15) is 0 Å². The Hall–Kier alpha value is -1.10. The second-order valence-electron chi connectivity index (χ2n) is 5.13. The Labute approximate surface area is 103 Å². The first-order valence-electron chi connectivity index (χ1n) is 6.07. The zero-order chi connectivity index (χ0) is 13.4. The van der Waals surface area contributed by atoms with Crippen molar-refractivity contribution in [2.24, 2.45) is 11.8 Å². The molecule has 0 atom stereocenters. The highest BCUT2D eigenvalue weighted by molar-refractivity contribution is 5.84. The fraction of sp³-hybridized carbons (Fsp3) is 0.833. The van der Waals surface area contributed by atoms with Gasteiger partial charge in [0.1, 0.15) is 6.54 Å². The van der Waals surface area contributed by atoms with E-state index in [0.29, 0.717) is 18.9 Å². The fourth-order valence-electron chi connectivity index (χ4n) is 1.39. The summed E-state index contributed by atoms with van der Waals surface area (Å²) in [7, 11) is 0. The third-order valence-electron chi connectivity index (χ3n) is 2.37. The predicted octanol–water partition coefficient (Wildman–Crippen LogP) is 1.41. The molecule has 0 aromatic carbocycles. The average Bonchev–Trinajstić information content (AvgIpc) is 2.22. The number of hydroxylamine groups is 1. The van der Waals surface area contributed by atoms with Gasteiger partial charge < -0.3 is 4.90 Å². The zero-order valence-corrected chi connectivity index (χ0v) is 11.2. The van der Waals surface area contributed by atoms with E-state index in [1.807, 2.05) is 13.8 Å². The lowest BCUT2D eigenvalue weighted by Gasteiger charge is -2.23. The van der Waals surface area contributed by atoms with Gasteiger partial charge in [-0.1, -0.05) is 27.7 Å². The molecule has 0 saturated heterocycles. The van der Waals surface area contributed by atoms with Gasteiger partial charge in [0, 0.05) is 13.0 Å². The van der Waals surface area contributed by atoms with Crippen LogP contribution in [0.1, 0.15) is 40.5 Å². The first-order valence-corrected chi connectivity index (χ1v) is 6.07. The molecule has 17 heavy (non-hydrogen) atoms. The molecule has 0 aromatic rings. The van der Waals surface area contributed by atoms with E-state index in [9.17, 15) is 9.59 Å². The van der Waals surface area contributed by atoms with E-state index in [0.717, 1.165) is 6.42 Å². The van der Waals surface area contributed by atoms with Gasteiger partial charge in [0.15, 0.2) is 0 Å². The summed E-state index contributed by atoms with van der Waals surface area (Å²) in [5.41, 5.74) is 1.56. The Bertz CT molecular complexity index is 252. The number of amides is 2. The molecule has 0 bridgehead atoms. The van der Waals surface area contributed by atoms with Crippen molar-refractivity contribution in [3.8, 4) is 0 Å². The van der Waals surface area contributed by atoms with Crippen LogP contribution in [0.15, 0.2) is 0 Å². The molecule has 0 fully saturated rings. The molecule has 0 unspecified atom stereocenters. The summed E-state index contributed by atoms with van der Waals surface area (Å²) in [6.07, 6.45) is 1.28. The largest absolute Gasteiger partial charge is 0.333 e. The van der Waals surface area contributed by atoms with Crippen molar-refractivity contribution in [3.05, 3.63) is 0 Å². The lowest BCUT2D eigenvalue weighted by atomic mass is 10.1. The second kappa shape index (κ2) is 8.06. The van der Waals surface area contributed by atoms with Crippen LogP contribution in [0.5, 0.6) is 0 Å². The van der Waals surface area contributed by atoms with Crippen LogP contribution < -0.4 is 5.48 Å². The highest BCUT2D eigenvalue weighted by Crippen LogP contribution is 2.07. The Kier molecular flexibility index (Phi) is 7.54. The third-order valence-corrected chi connectivity index (χ3v) is 2.37. The third kappa shape index (κ3) is 7.74. The Balaban J connectivity index is 4.37. The van der Waals surface area contributed by atoms with Crippen LogP contribution in [0.4, 0.5) is 0 Å². The standard InChI is InChI=1S/C12H24N2O3/c1-9(2)5-6-14(8-11(15)13-17)12(16)7-10(3)4/h9-10,17H,5-8H2,1-4H3,(H,13,15). The van der Waals surface area contributed by atoms with E-state index in [1.165, 1.54) is 4.90 Å². The van der Waals surface area contributed by atoms with Crippen LogP contribution in [0, 0.1) is 11.8 Å². The smallest absolute Gasteiger partial charge is 0.262 e. The van der Waals surface area contributed by atoms with Crippen LogP contribution in [0.25, 0.3) is 0 Å². The molecule has 2 N–H and O–H groups in total. The summed E-state index contributed by atoms with van der Waals surface area (Å²) in [4.78, 5) is 24.5. The van der Waals surface area contributed by atoms with Crippen molar-refractivity contribution in [2.75, 3.05) is 13.1 Å². The lowest BCUT2D eigenvalue weighted by Crippen LogP contribution is -2.41. The molecule has 0 aromatic heterocycles. The Morgan fingerprint density at radius 1 is 1.18 bits per heavy atom. The molecular formula is C12H24N2O3. The summed E-state index contributed by atoms with van der Waals surface area (Å²) in [6.45, 7) is 8.54. The van der Waals surface area contributed by atoms with E-state index >= 15 is 0 Å². The summed E-state index contributed by atoms with van der Waals surface area (Å²) >= 11 is 0. The van der Waals surface area contributed by atoms with Gasteiger partial charge in [-0.05, 0) is 18.3 Å². The maximum Gasteiger partial charge on any atom is 0.262 e. The van der Waals surface area contributed by atoms with Crippen molar-refractivity contribution in [1.29, 1.82) is 0 Å². The van der Waals surface area contributed by atoms with Gasteiger partial charge >= 0.3 is 0 Å². The minimum Gasteiger partial charge on any atom is -0.333 e. The van der Waals surface area contributed by atoms with Crippen LogP contribution >= 0.6 is 0 Å². The summed E-state index contributed by atoms with van der Waals surface area (Å²) < 4.78 is 0. The molecule has 0 radical (unpaired) electrons. The molecular weight excluding hydrogens is 220 g/mol. The van der Waals surface area contributed by atoms with Crippen molar-refractivity contribution in [1.82, 2.24) is 10.4 Å². The first kappa shape index (κ1) is 15.9. The van der Waals surface area contributed by atoms with Crippen LogP contribution in [-0.2, 0) is 9.59 Å². The number of carbonyl (C=O) groups excluding carboxylic acids is 2. The van der Waals surface area contributed by atoms with Gasteiger partial charge in [-0.25, -0.2) is 5.48 Å². The molecule has 0 aliphatic rings. The number of rotatable bonds is 7. The molecule has 100 valence electrons. The Morgan fingerprint density at radius 2 is 1.76 bits per heavy atom. The molecule has 0 aliphatic heterocycles. The first-order chi connectivity index (χ1) is 7.86. The van der Waals surface area contributed by atoms with E-state index in [1.54, 1.807) is 5.48 Å². The van der Waals surface area contributed by atoms with E-state index in [-0.39, 0.29) is 18.4 Å². The van der Waals surface area contributed by atoms with Crippen LogP contribution in [0.2, 0.25) is 0 Å². The van der Waals surface area contributed by atoms with Gasteiger partial charge in [0.25, 0.3) is 5.91 Å². The SMILES string of the molecule is CC(C)CCN(CC(=O)NO)C(=O)CC(C)C. The number of hydrogen-bond donors (Lipinski definition) is 2. The minimum atomic E-state index is -0.550. The van der Waals surface area contributed by atoms with E-state index in [2.05, 4.69) is 13.8 Å². The fourth-order valence-corrected chi connectivity index (χ4v) is 1.39. The minimum absolute atomic E-state index is 0.0377. The molecule has 2 amide bonds. The summed E-state index contributed by atoms with van der Waals surface area (Å²) in [5, 5.41) is 8.49. The van der Waals surface area contributed by atoms with Crippen LogP contribution in [0.3, 0.4) is 0 Å². The van der Waals surface area contributed by atoms with Gasteiger partial charge in [-0.3, -0.25) is 14.8 Å². The molecule has 0 heterocycles. The highest BCUT2D eigenvalue weighted by atomic mass is 16.5. The van der Waals surface area contributed by atoms with Crippen molar-refractivity contribution in [3.63, 3.8) is 0 Å². The molecule has 0 aliphatic carbocycles. The molecule has 0 spiro atoms. The average molecular weight is 244 g/mol. The zero-order valence-electron chi connectivity index (χ0n) is 11.2. The number of nitrogens with one attached hydrogen (secondary N) is 1. The molecule has 0 rings (SSSR count). The normalized spacial score (nSPS) is 10.8. The maximum absolute atomic E-state index is 11.9. The van der Waals surface area contributed by atoms with Crippen molar-refractivity contribution >= 4 is 11.8 Å².